The van der Waals surface area contributed by atoms with Crippen LogP contribution < -0.4 is 5.32 Å². The fourth-order valence-electron chi connectivity index (χ4n) is 2.00. The van der Waals surface area contributed by atoms with Gasteiger partial charge in [-0.2, -0.15) is 0 Å². The molecule has 128 valence electrons. The lowest BCUT2D eigenvalue weighted by Crippen LogP contribution is -2.46. The van der Waals surface area contributed by atoms with Crippen molar-refractivity contribution in [2.75, 3.05) is 0 Å². The van der Waals surface area contributed by atoms with Crippen molar-refractivity contribution >= 4 is 23.2 Å². The summed E-state index contributed by atoms with van der Waals surface area (Å²) >= 11 is -1.31. The summed E-state index contributed by atoms with van der Waals surface area (Å²) in [6, 6.07) is -0.272. The molecule has 6 heteroatoms. The van der Waals surface area contributed by atoms with E-state index in [0.717, 1.165) is 25.0 Å². The molecule has 0 heterocycles. The average molecular weight is 330 g/mol. The lowest BCUT2D eigenvalue weighted by atomic mass is 9.79. The van der Waals surface area contributed by atoms with Crippen molar-refractivity contribution in [1.82, 2.24) is 5.32 Å². The highest BCUT2D eigenvalue weighted by Gasteiger charge is 2.34. The lowest BCUT2D eigenvalue weighted by Gasteiger charge is -2.31. The van der Waals surface area contributed by atoms with Crippen molar-refractivity contribution in [3.8, 4) is 0 Å². The molecular weight excluding hydrogens is 300 g/mol. The van der Waals surface area contributed by atoms with Crippen LogP contribution in [0.2, 0.25) is 0 Å². The highest BCUT2D eigenvalue weighted by atomic mass is 32.2. The summed E-state index contributed by atoms with van der Waals surface area (Å²) in [5, 5.41) is 2.82. The standard InChI is InChI=1S/C16H30N2O3S/c1-11(17-14(19)21-15(2,3)4)13(12-9-8-10-12)18-22(20)16(5,6)7/h11-12H,8-10H2,1-7H3,(H,17,19)/b18-13-/t11-,22?/m0/s1. The zero-order valence-corrected chi connectivity index (χ0v) is 15.7. The zero-order chi connectivity index (χ0) is 17.1. The highest BCUT2D eigenvalue weighted by molar-refractivity contribution is 7.91. The van der Waals surface area contributed by atoms with Crippen molar-refractivity contribution in [2.45, 2.75) is 84.1 Å². The first kappa shape index (κ1) is 19.3. The fourth-order valence-corrected chi connectivity index (χ4v) is 2.77. The number of rotatable bonds is 4. The maximum absolute atomic E-state index is 12.3. The molecule has 1 saturated carbocycles. The number of hydrogen-bond donors (Lipinski definition) is 1. The second-order valence-corrected chi connectivity index (χ2v) is 9.78. The third-order valence-corrected chi connectivity index (χ3v) is 4.84. The smallest absolute Gasteiger partial charge is 0.408 e. The monoisotopic (exact) mass is 330 g/mol. The van der Waals surface area contributed by atoms with E-state index >= 15 is 0 Å². The molecule has 0 radical (unpaired) electrons. The molecule has 1 aliphatic carbocycles. The molecule has 0 aromatic carbocycles. The highest BCUT2D eigenvalue weighted by Crippen LogP contribution is 2.31. The summed E-state index contributed by atoms with van der Waals surface area (Å²) in [4.78, 5) is 11.9. The molecule has 1 unspecified atom stereocenters. The Bertz CT molecular complexity index is 420. The SMILES string of the molecule is C[C@H](NC(=O)OC(C)(C)C)/C(=N/[S+]([O-])C(C)(C)C)C1CCC1. The molecule has 5 nitrogen and oxygen atoms in total. The first-order valence-electron chi connectivity index (χ1n) is 7.90. The molecule has 0 aromatic rings. The molecule has 0 bridgehead atoms. The van der Waals surface area contributed by atoms with Gasteiger partial charge in [-0.1, -0.05) is 10.8 Å². The number of ether oxygens (including phenoxy) is 1. The van der Waals surface area contributed by atoms with Crippen LogP contribution in [0.3, 0.4) is 0 Å². The Hall–Kier alpha value is -0.750. The van der Waals surface area contributed by atoms with Crippen LogP contribution in [-0.2, 0) is 16.1 Å². The number of nitrogens with zero attached hydrogens (tertiary/aromatic N) is 1. The summed E-state index contributed by atoms with van der Waals surface area (Å²) in [6.07, 6.45) is 2.78. The van der Waals surface area contributed by atoms with Gasteiger partial charge in [0, 0.05) is 5.92 Å². The first-order valence-corrected chi connectivity index (χ1v) is 9.01. The van der Waals surface area contributed by atoms with Crippen LogP contribution in [0.25, 0.3) is 0 Å². The maximum atomic E-state index is 12.3. The van der Waals surface area contributed by atoms with E-state index in [2.05, 4.69) is 9.71 Å². The summed E-state index contributed by atoms with van der Waals surface area (Å²) < 4.78 is 21.6. The minimum absolute atomic E-state index is 0.272. The number of carbonyl (C=O) groups excluding carboxylic acids is 1. The Kier molecular flexibility index (Phi) is 6.33. The van der Waals surface area contributed by atoms with E-state index in [0.29, 0.717) is 5.92 Å². The van der Waals surface area contributed by atoms with Crippen LogP contribution in [0.15, 0.2) is 4.40 Å². The molecule has 0 saturated heterocycles. The van der Waals surface area contributed by atoms with E-state index in [1.54, 1.807) is 0 Å². The van der Waals surface area contributed by atoms with Gasteiger partial charge in [0.1, 0.15) is 21.7 Å². The predicted octanol–water partition coefficient (Wildman–Crippen LogP) is 3.60. The van der Waals surface area contributed by atoms with Gasteiger partial charge in [-0.25, -0.2) is 4.79 Å². The van der Waals surface area contributed by atoms with Crippen LogP contribution >= 0.6 is 0 Å². The Labute approximate surface area is 137 Å². The van der Waals surface area contributed by atoms with Gasteiger partial charge >= 0.3 is 6.09 Å². The van der Waals surface area contributed by atoms with Crippen LogP contribution in [0.1, 0.15) is 67.7 Å². The molecule has 1 amide bonds. The van der Waals surface area contributed by atoms with Gasteiger partial charge in [-0.15, -0.1) is 0 Å². The van der Waals surface area contributed by atoms with E-state index in [1.165, 1.54) is 0 Å². The molecule has 1 aliphatic rings. The van der Waals surface area contributed by atoms with Crippen molar-refractivity contribution in [3.63, 3.8) is 0 Å². The molecule has 0 spiro atoms. The Morgan fingerprint density at radius 1 is 1.27 bits per heavy atom. The summed E-state index contributed by atoms with van der Waals surface area (Å²) in [7, 11) is 0. The van der Waals surface area contributed by atoms with Gasteiger partial charge in [-0.05, 0) is 61.3 Å². The number of nitrogens with one attached hydrogen (secondary N) is 1. The molecule has 1 rings (SSSR count). The quantitative estimate of drug-likeness (QED) is 0.632. The molecule has 2 atom stereocenters. The van der Waals surface area contributed by atoms with Gasteiger partial charge in [0.2, 0.25) is 0 Å². The zero-order valence-electron chi connectivity index (χ0n) is 14.9. The first-order chi connectivity index (χ1) is 9.90. The van der Waals surface area contributed by atoms with E-state index in [4.69, 9.17) is 4.74 Å². The Morgan fingerprint density at radius 2 is 1.82 bits per heavy atom. The van der Waals surface area contributed by atoms with Crippen LogP contribution in [-0.4, -0.2) is 32.7 Å². The fraction of sp³-hybridized carbons (Fsp3) is 0.875. The number of hydrogen-bond acceptors (Lipinski definition) is 4. The third-order valence-electron chi connectivity index (χ3n) is 3.41. The molecule has 0 aromatic heterocycles. The third kappa shape index (κ3) is 6.16. The van der Waals surface area contributed by atoms with Gasteiger partial charge in [0.15, 0.2) is 0 Å². The topological polar surface area (TPSA) is 73.8 Å². The predicted molar refractivity (Wildman–Crippen MR) is 91.5 cm³/mol. The minimum Gasteiger partial charge on any atom is -0.591 e. The van der Waals surface area contributed by atoms with E-state index in [9.17, 15) is 9.35 Å². The van der Waals surface area contributed by atoms with Gasteiger partial charge in [0.05, 0.1) is 11.8 Å². The van der Waals surface area contributed by atoms with Crippen molar-refractivity contribution < 1.29 is 14.1 Å². The van der Waals surface area contributed by atoms with Crippen LogP contribution in [0, 0.1) is 5.92 Å². The van der Waals surface area contributed by atoms with Gasteiger partial charge < -0.3 is 14.6 Å². The molecule has 0 aliphatic heterocycles. The molecular formula is C16H30N2O3S. The lowest BCUT2D eigenvalue weighted by molar-refractivity contribution is 0.0520. The number of amides is 1. The summed E-state index contributed by atoms with van der Waals surface area (Å²) in [5.74, 6) is 0.316. The van der Waals surface area contributed by atoms with Gasteiger partial charge in [0.25, 0.3) is 0 Å². The summed E-state index contributed by atoms with van der Waals surface area (Å²) in [5.41, 5.74) is 0.289. The normalized spacial score (nSPS) is 20.1. The van der Waals surface area contributed by atoms with E-state index in [-0.39, 0.29) is 6.04 Å². The molecule has 1 fully saturated rings. The van der Waals surface area contributed by atoms with Crippen molar-refractivity contribution in [1.29, 1.82) is 0 Å². The van der Waals surface area contributed by atoms with Gasteiger partial charge in [-0.3, -0.25) is 0 Å². The second-order valence-electron chi connectivity index (χ2n) is 7.87. The van der Waals surface area contributed by atoms with Crippen LogP contribution in [0.5, 0.6) is 0 Å². The van der Waals surface area contributed by atoms with E-state index < -0.39 is 27.8 Å². The van der Waals surface area contributed by atoms with E-state index in [1.807, 2.05) is 48.5 Å². The largest absolute Gasteiger partial charge is 0.591 e. The average Bonchev–Trinajstić information content (AvgIpc) is 2.20. The molecule has 22 heavy (non-hydrogen) atoms. The maximum Gasteiger partial charge on any atom is 0.408 e. The summed E-state index contributed by atoms with van der Waals surface area (Å²) in [6.45, 7) is 13.1. The number of carbonyl (C=O) groups is 1. The Balaban J connectivity index is 2.79. The minimum atomic E-state index is -1.31. The Morgan fingerprint density at radius 3 is 2.18 bits per heavy atom. The van der Waals surface area contributed by atoms with Crippen molar-refractivity contribution in [2.24, 2.45) is 10.3 Å². The second kappa shape index (κ2) is 7.21. The van der Waals surface area contributed by atoms with Crippen LogP contribution in [0.4, 0.5) is 4.79 Å². The van der Waals surface area contributed by atoms with Crippen molar-refractivity contribution in [3.05, 3.63) is 0 Å². The molecule has 1 N–H and O–H groups in total. The number of alkyl carbamates (subject to hydrolysis) is 1.